The molecular weight excluding hydrogens is 502 g/mol. The van der Waals surface area contributed by atoms with E-state index in [0.29, 0.717) is 22.9 Å². The van der Waals surface area contributed by atoms with Crippen LogP contribution in [0.4, 0.5) is 5.00 Å². The Morgan fingerprint density at radius 3 is 2.68 bits per heavy atom. The van der Waals surface area contributed by atoms with Gasteiger partial charge < -0.3 is 10.1 Å². The summed E-state index contributed by atoms with van der Waals surface area (Å²) >= 11 is 7.95. The van der Waals surface area contributed by atoms with Gasteiger partial charge in [0.25, 0.3) is 5.91 Å². The van der Waals surface area contributed by atoms with E-state index in [1.807, 2.05) is 24.3 Å². The molecule has 0 saturated heterocycles. The summed E-state index contributed by atoms with van der Waals surface area (Å²) in [6.45, 7) is 0.358. The Hall–Kier alpha value is -3.14. The van der Waals surface area contributed by atoms with Crippen molar-refractivity contribution in [3.05, 3.63) is 80.2 Å². The minimum absolute atomic E-state index is 0.0156. The standard InChI is InChI=1S/C30H30ClN3O2S/c31-23-14-15-26(36-19-21-12-10-20(17-32)11-13-21)22(16-23)18-33-30-28(25-8-4-5-9-27(25)37-30)29(35)34-24-6-2-1-3-7-24/h10-16,18,24H,1-9,19H2,(H,34,35). The molecule has 2 aliphatic carbocycles. The summed E-state index contributed by atoms with van der Waals surface area (Å²) in [7, 11) is 0. The molecular formula is C30H30ClN3O2S. The summed E-state index contributed by atoms with van der Waals surface area (Å²) in [4.78, 5) is 19.6. The highest BCUT2D eigenvalue weighted by atomic mass is 35.5. The number of nitrogens with zero attached hydrogens (tertiary/aromatic N) is 2. The summed E-state index contributed by atoms with van der Waals surface area (Å²) in [6.07, 6.45) is 11.7. The predicted molar refractivity (Wildman–Crippen MR) is 149 cm³/mol. The van der Waals surface area contributed by atoms with E-state index in [0.717, 1.165) is 60.2 Å². The first kappa shape index (κ1) is 25.5. The largest absolute Gasteiger partial charge is 0.488 e. The lowest BCUT2D eigenvalue weighted by Gasteiger charge is -2.23. The lowest BCUT2D eigenvalue weighted by atomic mass is 9.93. The van der Waals surface area contributed by atoms with Crippen LogP contribution in [0.25, 0.3) is 0 Å². The molecule has 1 heterocycles. The van der Waals surface area contributed by atoms with E-state index in [1.165, 1.54) is 29.7 Å². The van der Waals surface area contributed by atoms with Crippen LogP contribution in [0.15, 0.2) is 47.5 Å². The third kappa shape index (κ3) is 6.23. The number of aliphatic imine (C=N–C) groups is 1. The van der Waals surface area contributed by atoms with E-state index >= 15 is 0 Å². The number of nitriles is 1. The van der Waals surface area contributed by atoms with Crippen molar-refractivity contribution in [3.63, 3.8) is 0 Å². The lowest BCUT2D eigenvalue weighted by Crippen LogP contribution is -2.36. The second-order valence-corrected chi connectivity index (χ2v) is 11.3. The van der Waals surface area contributed by atoms with Crippen LogP contribution in [-0.2, 0) is 19.4 Å². The first-order valence-electron chi connectivity index (χ1n) is 13.0. The van der Waals surface area contributed by atoms with Gasteiger partial charge in [-0.1, -0.05) is 43.0 Å². The molecule has 3 aromatic rings. The highest BCUT2D eigenvalue weighted by molar-refractivity contribution is 7.16. The van der Waals surface area contributed by atoms with Crippen molar-refractivity contribution in [2.75, 3.05) is 0 Å². The zero-order valence-electron chi connectivity index (χ0n) is 20.8. The summed E-state index contributed by atoms with van der Waals surface area (Å²) in [6, 6.07) is 15.2. The molecule has 0 unspecified atom stereocenters. The Kier molecular flexibility index (Phi) is 8.23. The molecule has 1 aromatic heterocycles. The number of halogens is 1. The summed E-state index contributed by atoms with van der Waals surface area (Å²) in [5.74, 6) is 0.675. The van der Waals surface area contributed by atoms with Gasteiger partial charge in [-0.3, -0.25) is 4.79 Å². The monoisotopic (exact) mass is 531 g/mol. The van der Waals surface area contributed by atoms with Crippen molar-refractivity contribution in [1.29, 1.82) is 5.26 Å². The first-order chi connectivity index (χ1) is 18.1. The molecule has 5 rings (SSSR count). The van der Waals surface area contributed by atoms with E-state index in [4.69, 9.17) is 26.6 Å². The van der Waals surface area contributed by atoms with Gasteiger partial charge in [0, 0.05) is 27.7 Å². The van der Waals surface area contributed by atoms with Crippen molar-refractivity contribution in [2.24, 2.45) is 4.99 Å². The fourth-order valence-corrected chi connectivity index (χ4v) is 6.51. The zero-order valence-corrected chi connectivity index (χ0v) is 22.3. The molecule has 0 atom stereocenters. The number of hydrogen-bond donors (Lipinski definition) is 1. The van der Waals surface area contributed by atoms with Crippen molar-refractivity contribution in [1.82, 2.24) is 5.32 Å². The number of fused-ring (bicyclic) bond motifs is 1. The highest BCUT2D eigenvalue weighted by Crippen LogP contribution is 2.40. The summed E-state index contributed by atoms with van der Waals surface area (Å²) in [5.41, 5.74) is 4.27. The van der Waals surface area contributed by atoms with Crippen LogP contribution in [0.3, 0.4) is 0 Å². The van der Waals surface area contributed by atoms with E-state index in [-0.39, 0.29) is 11.9 Å². The molecule has 190 valence electrons. The first-order valence-corrected chi connectivity index (χ1v) is 14.2. The van der Waals surface area contributed by atoms with E-state index in [9.17, 15) is 4.79 Å². The maximum absolute atomic E-state index is 13.5. The number of amides is 1. The van der Waals surface area contributed by atoms with Crippen LogP contribution >= 0.6 is 22.9 Å². The minimum atomic E-state index is 0.0156. The van der Waals surface area contributed by atoms with Crippen molar-refractivity contribution in [3.8, 4) is 11.8 Å². The molecule has 0 spiro atoms. The van der Waals surface area contributed by atoms with Gasteiger partial charge in [-0.05, 0) is 80.0 Å². The molecule has 2 aliphatic rings. The quantitative estimate of drug-likeness (QED) is 0.320. The molecule has 7 heteroatoms. The van der Waals surface area contributed by atoms with Gasteiger partial charge in [0.1, 0.15) is 17.4 Å². The second kappa shape index (κ2) is 11.9. The van der Waals surface area contributed by atoms with Crippen LogP contribution in [0.5, 0.6) is 5.75 Å². The number of benzene rings is 2. The maximum Gasteiger partial charge on any atom is 0.254 e. The summed E-state index contributed by atoms with van der Waals surface area (Å²) in [5, 5.41) is 13.7. The number of ether oxygens (including phenoxy) is 1. The van der Waals surface area contributed by atoms with Crippen LogP contribution in [-0.4, -0.2) is 18.2 Å². The van der Waals surface area contributed by atoms with E-state index in [2.05, 4.69) is 11.4 Å². The maximum atomic E-state index is 13.5. The molecule has 0 bridgehead atoms. The highest BCUT2D eigenvalue weighted by Gasteiger charge is 2.27. The predicted octanol–water partition coefficient (Wildman–Crippen LogP) is 7.54. The Morgan fingerprint density at radius 1 is 1.11 bits per heavy atom. The number of rotatable bonds is 7. The van der Waals surface area contributed by atoms with Gasteiger partial charge in [0.15, 0.2) is 0 Å². The smallest absolute Gasteiger partial charge is 0.254 e. The molecule has 37 heavy (non-hydrogen) atoms. The van der Waals surface area contributed by atoms with Gasteiger partial charge in [-0.15, -0.1) is 11.3 Å². The van der Waals surface area contributed by atoms with Crippen molar-refractivity contribution in [2.45, 2.75) is 70.4 Å². The second-order valence-electron chi connectivity index (χ2n) is 9.74. The SMILES string of the molecule is N#Cc1ccc(COc2ccc(Cl)cc2C=Nc2sc3c(c2C(=O)NC2CCCCC2)CCCC3)cc1. The molecule has 5 nitrogen and oxygen atoms in total. The normalized spacial score (nSPS) is 15.8. The molecule has 2 aromatic carbocycles. The Bertz CT molecular complexity index is 1330. The number of aryl methyl sites for hydroxylation is 1. The third-order valence-electron chi connectivity index (χ3n) is 7.09. The molecule has 0 radical (unpaired) electrons. The van der Waals surface area contributed by atoms with Crippen LogP contribution in [0, 0.1) is 11.3 Å². The topological polar surface area (TPSA) is 74.5 Å². The fraction of sp³-hybridized carbons (Fsp3) is 0.367. The van der Waals surface area contributed by atoms with Crippen LogP contribution < -0.4 is 10.1 Å². The van der Waals surface area contributed by atoms with Gasteiger partial charge in [-0.25, -0.2) is 4.99 Å². The van der Waals surface area contributed by atoms with E-state index < -0.39 is 0 Å². The number of thiophene rings is 1. The number of carbonyl (C=O) groups excluding carboxylic acids is 1. The van der Waals surface area contributed by atoms with Crippen LogP contribution in [0.1, 0.15) is 82.4 Å². The van der Waals surface area contributed by atoms with Gasteiger partial charge in [-0.2, -0.15) is 5.26 Å². The number of hydrogen-bond acceptors (Lipinski definition) is 5. The Balaban J connectivity index is 1.39. The Morgan fingerprint density at radius 2 is 1.89 bits per heavy atom. The number of carbonyl (C=O) groups is 1. The van der Waals surface area contributed by atoms with Gasteiger partial charge in [0.05, 0.1) is 17.2 Å². The van der Waals surface area contributed by atoms with Gasteiger partial charge in [0.2, 0.25) is 0 Å². The zero-order chi connectivity index (χ0) is 25.6. The molecule has 0 aliphatic heterocycles. The lowest BCUT2D eigenvalue weighted by molar-refractivity contribution is 0.0927. The van der Waals surface area contributed by atoms with Crippen LogP contribution in [0.2, 0.25) is 5.02 Å². The average Bonchev–Trinajstić information content (AvgIpc) is 3.31. The average molecular weight is 532 g/mol. The molecule has 1 amide bonds. The van der Waals surface area contributed by atoms with Crippen molar-refractivity contribution >= 4 is 40.1 Å². The third-order valence-corrected chi connectivity index (χ3v) is 8.53. The fourth-order valence-electron chi connectivity index (χ4n) is 5.10. The number of nitrogens with one attached hydrogen (secondary N) is 1. The summed E-state index contributed by atoms with van der Waals surface area (Å²) < 4.78 is 6.09. The van der Waals surface area contributed by atoms with Crippen molar-refractivity contribution < 1.29 is 9.53 Å². The molecule has 1 N–H and O–H groups in total. The Labute approximate surface area is 227 Å². The van der Waals surface area contributed by atoms with E-state index in [1.54, 1.807) is 35.8 Å². The minimum Gasteiger partial charge on any atom is -0.488 e. The molecule has 1 fully saturated rings. The van der Waals surface area contributed by atoms with Gasteiger partial charge >= 0.3 is 0 Å². The molecule has 1 saturated carbocycles.